The first kappa shape index (κ1) is 16.3. The molecule has 0 aromatic carbocycles. The summed E-state index contributed by atoms with van der Waals surface area (Å²) >= 11 is 0. The van der Waals surface area contributed by atoms with Gasteiger partial charge in [0.2, 0.25) is 5.91 Å². The van der Waals surface area contributed by atoms with Gasteiger partial charge in [-0.1, -0.05) is 0 Å². The fraction of sp³-hybridized carbons (Fsp3) is 0.647. The van der Waals surface area contributed by atoms with Crippen molar-refractivity contribution in [3.63, 3.8) is 0 Å². The van der Waals surface area contributed by atoms with Gasteiger partial charge >= 0.3 is 0 Å². The number of likely N-dealkylation sites (tertiary alicyclic amines) is 1. The van der Waals surface area contributed by atoms with Crippen LogP contribution in [0, 0.1) is 5.92 Å². The first-order valence-electron chi connectivity index (χ1n) is 9.10. The van der Waals surface area contributed by atoms with Crippen molar-refractivity contribution < 1.29 is 4.79 Å². The minimum absolute atomic E-state index is 0.0234. The Bertz CT molecular complexity index is 706. The Morgan fingerprint density at radius 3 is 3.00 bits per heavy atom. The highest BCUT2D eigenvalue weighted by atomic mass is 16.2. The third kappa shape index (κ3) is 3.73. The molecule has 1 N–H and O–H groups in total. The predicted octanol–water partition coefficient (Wildman–Crippen LogP) is 1.55. The minimum atomic E-state index is 0.0234. The molecule has 25 heavy (non-hydrogen) atoms. The summed E-state index contributed by atoms with van der Waals surface area (Å²) in [5.74, 6) is 1.52. The van der Waals surface area contributed by atoms with Crippen LogP contribution in [0.4, 0.5) is 5.82 Å². The van der Waals surface area contributed by atoms with Crippen LogP contribution in [0.3, 0.4) is 0 Å². The number of amides is 1. The van der Waals surface area contributed by atoms with Gasteiger partial charge in [0.25, 0.3) is 0 Å². The zero-order valence-electron chi connectivity index (χ0n) is 14.6. The molecule has 0 radical (unpaired) electrons. The van der Waals surface area contributed by atoms with Crippen LogP contribution in [0.15, 0.2) is 24.9 Å². The van der Waals surface area contributed by atoms with Gasteiger partial charge in [-0.3, -0.25) is 14.4 Å². The van der Waals surface area contributed by atoms with E-state index in [4.69, 9.17) is 0 Å². The molecule has 1 amide bonds. The van der Waals surface area contributed by atoms with Crippen molar-refractivity contribution in [3.8, 4) is 0 Å². The van der Waals surface area contributed by atoms with Gasteiger partial charge in [0, 0.05) is 12.1 Å². The minimum Gasteiger partial charge on any atom is -0.310 e. The third-order valence-electron chi connectivity index (χ3n) is 5.34. The normalized spacial score (nSPS) is 22.2. The molecule has 1 aliphatic carbocycles. The van der Waals surface area contributed by atoms with Gasteiger partial charge in [0.15, 0.2) is 0 Å². The lowest BCUT2D eigenvalue weighted by Gasteiger charge is -2.24. The topological polar surface area (TPSA) is 80.9 Å². The van der Waals surface area contributed by atoms with E-state index < -0.39 is 0 Å². The second-order valence-electron chi connectivity index (χ2n) is 7.17. The number of anilines is 1. The quantitative estimate of drug-likeness (QED) is 0.825. The van der Waals surface area contributed by atoms with Crippen molar-refractivity contribution in [1.82, 2.24) is 29.4 Å². The van der Waals surface area contributed by atoms with Crippen LogP contribution in [0.5, 0.6) is 0 Å². The molecule has 8 heteroatoms. The second kappa shape index (κ2) is 6.95. The van der Waals surface area contributed by atoms with Crippen LogP contribution in [0.25, 0.3) is 0 Å². The van der Waals surface area contributed by atoms with Gasteiger partial charge in [-0.05, 0) is 45.1 Å². The third-order valence-corrected chi connectivity index (χ3v) is 5.34. The molecular formula is C17H25N7O. The fourth-order valence-electron chi connectivity index (χ4n) is 3.74. The van der Waals surface area contributed by atoms with Gasteiger partial charge in [-0.2, -0.15) is 10.2 Å². The first-order valence-corrected chi connectivity index (χ1v) is 9.10. The highest BCUT2D eigenvalue weighted by Gasteiger charge is 2.31. The average Bonchev–Trinajstić information content (AvgIpc) is 2.97. The number of hydrogen-bond acceptors (Lipinski definition) is 5. The van der Waals surface area contributed by atoms with E-state index in [0.29, 0.717) is 24.5 Å². The van der Waals surface area contributed by atoms with Crippen LogP contribution in [0.1, 0.15) is 38.6 Å². The Morgan fingerprint density at radius 2 is 2.24 bits per heavy atom. The standard InChI is InChI=1S/C17H25N7O/c1-13(14-4-5-14)24-16(6-7-19-24)21-17(25)10-22-8-2-3-15(22)9-23-12-18-11-20-23/h6-7,11-15H,2-5,8-10H2,1H3,(H,21,25)/t13-,15+/m1/s1. The number of nitrogens with one attached hydrogen (secondary N) is 1. The maximum atomic E-state index is 12.5. The molecule has 2 aromatic rings. The maximum absolute atomic E-state index is 12.5. The summed E-state index contributed by atoms with van der Waals surface area (Å²) in [7, 11) is 0. The summed E-state index contributed by atoms with van der Waals surface area (Å²) in [6.45, 7) is 4.31. The monoisotopic (exact) mass is 343 g/mol. The Morgan fingerprint density at radius 1 is 1.36 bits per heavy atom. The number of carbonyl (C=O) groups excluding carboxylic acids is 1. The molecule has 8 nitrogen and oxygen atoms in total. The summed E-state index contributed by atoms with van der Waals surface area (Å²) in [5, 5.41) is 11.6. The summed E-state index contributed by atoms with van der Waals surface area (Å²) in [5.41, 5.74) is 0. The largest absolute Gasteiger partial charge is 0.310 e. The van der Waals surface area contributed by atoms with Gasteiger partial charge < -0.3 is 5.32 Å². The Balaban J connectivity index is 1.35. The Kier molecular flexibility index (Phi) is 4.52. The molecule has 4 rings (SSSR count). The molecule has 0 spiro atoms. The second-order valence-corrected chi connectivity index (χ2v) is 7.17. The lowest BCUT2D eigenvalue weighted by molar-refractivity contribution is -0.117. The van der Waals surface area contributed by atoms with E-state index in [9.17, 15) is 4.79 Å². The summed E-state index contributed by atoms with van der Waals surface area (Å²) in [4.78, 5) is 18.8. The van der Waals surface area contributed by atoms with E-state index in [1.165, 1.54) is 12.8 Å². The van der Waals surface area contributed by atoms with Crippen LogP contribution in [0.2, 0.25) is 0 Å². The molecule has 2 aliphatic rings. The molecule has 1 aliphatic heterocycles. The highest BCUT2D eigenvalue weighted by Crippen LogP contribution is 2.40. The zero-order chi connectivity index (χ0) is 17.2. The van der Waals surface area contributed by atoms with Crippen LogP contribution < -0.4 is 5.32 Å². The number of nitrogens with zero attached hydrogens (tertiary/aromatic N) is 6. The summed E-state index contributed by atoms with van der Waals surface area (Å²) in [6, 6.07) is 2.56. The van der Waals surface area contributed by atoms with E-state index >= 15 is 0 Å². The van der Waals surface area contributed by atoms with Crippen molar-refractivity contribution in [2.24, 2.45) is 5.92 Å². The number of carbonyl (C=O) groups is 1. The summed E-state index contributed by atoms with van der Waals surface area (Å²) in [6.07, 6.45) is 9.76. The summed E-state index contributed by atoms with van der Waals surface area (Å²) < 4.78 is 3.79. The molecule has 134 valence electrons. The van der Waals surface area contributed by atoms with Crippen molar-refractivity contribution in [1.29, 1.82) is 0 Å². The molecule has 1 saturated heterocycles. The van der Waals surface area contributed by atoms with E-state index in [-0.39, 0.29) is 5.91 Å². The molecule has 2 aromatic heterocycles. The molecule has 0 unspecified atom stereocenters. The zero-order valence-corrected chi connectivity index (χ0v) is 14.6. The molecule has 0 bridgehead atoms. The highest BCUT2D eigenvalue weighted by molar-refractivity contribution is 5.91. The van der Waals surface area contributed by atoms with Gasteiger partial charge in [-0.15, -0.1) is 0 Å². The van der Waals surface area contributed by atoms with Crippen LogP contribution in [-0.4, -0.2) is 54.5 Å². The van der Waals surface area contributed by atoms with E-state index in [0.717, 1.165) is 31.7 Å². The number of rotatable bonds is 7. The van der Waals surface area contributed by atoms with Crippen molar-refractivity contribution >= 4 is 11.7 Å². The van der Waals surface area contributed by atoms with E-state index in [2.05, 4.69) is 32.3 Å². The fourth-order valence-corrected chi connectivity index (χ4v) is 3.74. The smallest absolute Gasteiger partial charge is 0.239 e. The molecule has 2 atom stereocenters. The Labute approximate surface area is 147 Å². The van der Waals surface area contributed by atoms with Crippen molar-refractivity contribution in [2.75, 3.05) is 18.4 Å². The van der Waals surface area contributed by atoms with E-state index in [1.807, 2.05) is 15.4 Å². The van der Waals surface area contributed by atoms with E-state index in [1.54, 1.807) is 18.9 Å². The maximum Gasteiger partial charge on any atom is 0.239 e. The predicted molar refractivity (Wildman–Crippen MR) is 92.9 cm³/mol. The SMILES string of the molecule is C[C@H](C1CC1)n1nccc1NC(=O)CN1CCC[C@H]1Cn1cncn1. The van der Waals surface area contributed by atoms with Crippen molar-refractivity contribution in [2.45, 2.75) is 51.2 Å². The van der Waals surface area contributed by atoms with Gasteiger partial charge in [0.05, 0.1) is 25.3 Å². The lowest BCUT2D eigenvalue weighted by atomic mass is 10.2. The lowest BCUT2D eigenvalue weighted by Crippen LogP contribution is -2.39. The van der Waals surface area contributed by atoms with Crippen LogP contribution >= 0.6 is 0 Å². The molecule has 1 saturated carbocycles. The van der Waals surface area contributed by atoms with Crippen LogP contribution in [-0.2, 0) is 11.3 Å². The first-order chi connectivity index (χ1) is 12.2. The van der Waals surface area contributed by atoms with Gasteiger partial charge in [0.1, 0.15) is 18.5 Å². The Hall–Kier alpha value is -2.22. The van der Waals surface area contributed by atoms with Crippen molar-refractivity contribution in [3.05, 3.63) is 24.9 Å². The molecule has 2 fully saturated rings. The molecular weight excluding hydrogens is 318 g/mol. The van der Waals surface area contributed by atoms with Gasteiger partial charge in [-0.25, -0.2) is 9.67 Å². The molecule has 3 heterocycles. The number of aromatic nitrogens is 5. The number of hydrogen-bond donors (Lipinski definition) is 1. The average molecular weight is 343 g/mol.